The summed E-state index contributed by atoms with van der Waals surface area (Å²) in [5.41, 5.74) is 8.90. The van der Waals surface area contributed by atoms with Gasteiger partial charge in [0.25, 0.3) is 0 Å². The lowest BCUT2D eigenvalue weighted by molar-refractivity contribution is -0.122. The van der Waals surface area contributed by atoms with E-state index in [1.807, 2.05) is 11.4 Å². The van der Waals surface area contributed by atoms with Gasteiger partial charge in [-0.1, -0.05) is 30.3 Å². The molecule has 2 N–H and O–H groups in total. The van der Waals surface area contributed by atoms with E-state index in [-0.39, 0.29) is 11.8 Å². The van der Waals surface area contributed by atoms with Gasteiger partial charge < -0.3 is 10.6 Å². The van der Waals surface area contributed by atoms with Crippen LogP contribution in [0, 0.1) is 5.92 Å². The quantitative estimate of drug-likeness (QED) is 0.515. The van der Waals surface area contributed by atoms with Gasteiger partial charge in [-0.15, -0.1) is 11.3 Å². The second-order valence-corrected chi connectivity index (χ2v) is 8.88. The van der Waals surface area contributed by atoms with E-state index in [0.29, 0.717) is 0 Å². The van der Waals surface area contributed by atoms with Gasteiger partial charge in [0, 0.05) is 40.9 Å². The van der Waals surface area contributed by atoms with Gasteiger partial charge in [-0.25, -0.2) is 9.97 Å². The molecule has 1 aliphatic heterocycles. The highest BCUT2D eigenvalue weighted by molar-refractivity contribution is 7.17. The maximum Gasteiger partial charge on any atom is 0.220 e. The molecule has 0 unspecified atom stereocenters. The molecule has 5 nitrogen and oxygen atoms in total. The van der Waals surface area contributed by atoms with E-state index in [1.165, 1.54) is 5.56 Å². The lowest BCUT2D eigenvalue weighted by Gasteiger charge is -2.32. The average Bonchev–Trinajstić information content (AvgIpc) is 3.44. The Morgan fingerprint density at radius 1 is 1.03 bits per heavy atom. The Morgan fingerprint density at radius 2 is 1.83 bits per heavy atom. The Morgan fingerprint density at radius 3 is 2.52 bits per heavy atom. The summed E-state index contributed by atoms with van der Waals surface area (Å²) in [5.74, 6) is 1.47. The number of nitrogens with two attached hydrogens (primary N) is 1. The van der Waals surface area contributed by atoms with Crippen LogP contribution >= 0.6 is 22.7 Å². The molecule has 0 atom stereocenters. The van der Waals surface area contributed by atoms with Crippen LogP contribution in [-0.4, -0.2) is 29.0 Å². The molecule has 1 fully saturated rings. The predicted octanol–water partition coefficient (Wildman–Crippen LogP) is 4.79. The normalized spacial score (nSPS) is 15.1. The van der Waals surface area contributed by atoms with Gasteiger partial charge in [0.05, 0.1) is 5.39 Å². The SMILES string of the molecule is NC(=O)C1CCN(c2nc(-c3ccsc3)nc3scc(-c4ccccc4)c23)CC1. The molecule has 1 saturated heterocycles. The number of fused-ring (bicyclic) bond motifs is 1. The first kappa shape index (κ1) is 18.3. The van der Waals surface area contributed by atoms with Crippen molar-refractivity contribution < 1.29 is 4.79 Å². The molecule has 0 bridgehead atoms. The highest BCUT2D eigenvalue weighted by Crippen LogP contribution is 2.40. The summed E-state index contributed by atoms with van der Waals surface area (Å²) in [7, 11) is 0. The van der Waals surface area contributed by atoms with Crippen LogP contribution in [0.4, 0.5) is 5.82 Å². The second kappa shape index (κ2) is 7.57. The molecule has 29 heavy (non-hydrogen) atoms. The van der Waals surface area contributed by atoms with E-state index in [4.69, 9.17) is 15.7 Å². The minimum atomic E-state index is -0.197. The van der Waals surface area contributed by atoms with Gasteiger partial charge in [-0.2, -0.15) is 11.3 Å². The number of hydrogen-bond donors (Lipinski definition) is 1. The lowest BCUT2D eigenvalue weighted by atomic mass is 9.96. The number of rotatable bonds is 4. The standard InChI is InChI=1S/C22H20N4OS2/c23-19(27)15-6-9-26(10-7-15)21-18-17(14-4-2-1-3-5-14)13-29-22(18)25-20(24-21)16-8-11-28-12-16/h1-5,8,11-13,15H,6-7,9-10H2,(H2,23,27). The van der Waals surface area contributed by atoms with E-state index < -0.39 is 0 Å². The van der Waals surface area contributed by atoms with Gasteiger partial charge in [0.2, 0.25) is 5.91 Å². The molecule has 4 aromatic rings. The largest absolute Gasteiger partial charge is 0.369 e. The van der Waals surface area contributed by atoms with Crippen LogP contribution in [0.3, 0.4) is 0 Å². The fourth-order valence-electron chi connectivity index (χ4n) is 3.88. The molecule has 146 valence electrons. The van der Waals surface area contributed by atoms with Crippen LogP contribution in [0.5, 0.6) is 0 Å². The zero-order valence-corrected chi connectivity index (χ0v) is 17.4. The molecule has 1 amide bonds. The maximum absolute atomic E-state index is 11.6. The fourth-order valence-corrected chi connectivity index (χ4v) is 5.46. The Hall–Kier alpha value is -2.77. The van der Waals surface area contributed by atoms with Crippen molar-refractivity contribution >= 4 is 44.6 Å². The summed E-state index contributed by atoms with van der Waals surface area (Å²) in [6.07, 6.45) is 1.53. The molecule has 1 aliphatic rings. The van der Waals surface area contributed by atoms with Crippen molar-refractivity contribution in [3.05, 3.63) is 52.5 Å². The number of thiophene rings is 2. The maximum atomic E-state index is 11.6. The van der Waals surface area contributed by atoms with Crippen LogP contribution in [0.2, 0.25) is 0 Å². The van der Waals surface area contributed by atoms with E-state index in [1.54, 1.807) is 22.7 Å². The first-order chi connectivity index (χ1) is 14.2. The summed E-state index contributed by atoms with van der Waals surface area (Å²) in [6.45, 7) is 1.54. The number of carbonyl (C=O) groups excluding carboxylic acids is 1. The summed E-state index contributed by atoms with van der Waals surface area (Å²) in [5, 5.41) is 7.39. The number of carbonyl (C=O) groups is 1. The number of piperidine rings is 1. The third-order valence-electron chi connectivity index (χ3n) is 5.48. The van der Waals surface area contributed by atoms with Crippen molar-refractivity contribution in [2.45, 2.75) is 12.8 Å². The Bertz CT molecular complexity index is 1150. The minimum absolute atomic E-state index is 0.0454. The number of amides is 1. The van der Waals surface area contributed by atoms with E-state index in [2.05, 4.69) is 46.0 Å². The van der Waals surface area contributed by atoms with Crippen molar-refractivity contribution in [3.8, 4) is 22.5 Å². The van der Waals surface area contributed by atoms with Gasteiger partial charge in [-0.3, -0.25) is 4.79 Å². The third-order valence-corrected chi connectivity index (χ3v) is 7.03. The number of anilines is 1. The zero-order valence-electron chi connectivity index (χ0n) is 15.7. The molecule has 0 radical (unpaired) electrons. The first-order valence-electron chi connectivity index (χ1n) is 9.62. The summed E-state index contributed by atoms with van der Waals surface area (Å²) >= 11 is 3.30. The summed E-state index contributed by atoms with van der Waals surface area (Å²) in [6, 6.07) is 12.4. The highest BCUT2D eigenvalue weighted by atomic mass is 32.1. The van der Waals surface area contributed by atoms with Crippen molar-refractivity contribution in [1.29, 1.82) is 0 Å². The molecule has 1 aromatic carbocycles. The summed E-state index contributed by atoms with van der Waals surface area (Å²) < 4.78 is 0. The first-order valence-corrected chi connectivity index (χ1v) is 11.4. The van der Waals surface area contributed by atoms with Crippen LogP contribution in [0.15, 0.2) is 52.5 Å². The molecule has 0 saturated carbocycles. The fraction of sp³-hybridized carbons (Fsp3) is 0.227. The lowest BCUT2D eigenvalue weighted by Crippen LogP contribution is -2.39. The zero-order chi connectivity index (χ0) is 19.8. The molecular formula is C22H20N4OS2. The van der Waals surface area contributed by atoms with Crippen LogP contribution in [0.1, 0.15) is 12.8 Å². The molecule has 7 heteroatoms. The molecular weight excluding hydrogens is 400 g/mol. The second-order valence-electron chi connectivity index (χ2n) is 7.24. The molecule has 5 rings (SSSR count). The van der Waals surface area contributed by atoms with Crippen LogP contribution in [0.25, 0.3) is 32.7 Å². The van der Waals surface area contributed by atoms with Gasteiger partial charge in [0.1, 0.15) is 10.6 Å². The number of primary amides is 1. The van der Waals surface area contributed by atoms with Crippen molar-refractivity contribution in [1.82, 2.24) is 9.97 Å². The Kier molecular flexibility index (Phi) is 4.77. The number of benzene rings is 1. The van der Waals surface area contributed by atoms with Crippen LogP contribution < -0.4 is 10.6 Å². The Labute approximate surface area is 176 Å². The van der Waals surface area contributed by atoms with Gasteiger partial charge >= 0.3 is 0 Å². The number of hydrogen-bond acceptors (Lipinski definition) is 6. The van der Waals surface area contributed by atoms with E-state index >= 15 is 0 Å². The monoisotopic (exact) mass is 420 g/mol. The number of nitrogens with zero attached hydrogens (tertiary/aromatic N) is 3. The van der Waals surface area contributed by atoms with Crippen molar-refractivity contribution in [3.63, 3.8) is 0 Å². The van der Waals surface area contributed by atoms with Gasteiger partial charge in [-0.05, 0) is 29.9 Å². The minimum Gasteiger partial charge on any atom is -0.369 e. The molecule has 3 aromatic heterocycles. The number of aromatic nitrogens is 2. The predicted molar refractivity (Wildman–Crippen MR) is 120 cm³/mol. The van der Waals surface area contributed by atoms with Crippen molar-refractivity contribution in [2.75, 3.05) is 18.0 Å². The van der Waals surface area contributed by atoms with E-state index in [0.717, 1.165) is 58.9 Å². The molecule has 0 spiro atoms. The third kappa shape index (κ3) is 3.41. The van der Waals surface area contributed by atoms with E-state index in [9.17, 15) is 4.79 Å². The van der Waals surface area contributed by atoms with Gasteiger partial charge in [0.15, 0.2) is 5.82 Å². The molecule has 0 aliphatic carbocycles. The van der Waals surface area contributed by atoms with Crippen molar-refractivity contribution in [2.24, 2.45) is 11.7 Å². The Balaban J connectivity index is 1.65. The van der Waals surface area contributed by atoms with Crippen LogP contribution in [-0.2, 0) is 4.79 Å². The smallest absolute Gasteiger partial charge is 0.220 e. The topological polar surface area (TPSA) is 72.1 Å². The summed E-state index contributed by atoms with van der Waals surface area (Å²) in [4.78, 5) is 24.8. The highest BCUT2D eigenvalue weighted by Gasteiger charge is 2.27. The average molecular weight is 421 g/mol. The molecule has 4 heterocycles.